The third-order valence-electron chi connectivity index (χ3n) is 2.86. The minimum absolute atomic E-state index is 0.178. The minimum atomic E-state index is -3.60. The molecule has 20 heavy (non-hydrogen) atoms. The first kappa shape index (κ1) is 14.8. The SMILES string of the molecule is Cc1ccc(N)cc1S(=O)(=O)NCc1cccc(Cl)c1. The first-order valence-corrected chi connectivity index (χ1v) is 7.85. The van der Waals surface area contributed by atoms with Crippen LogP contribution in [-0.2, 0) is 16.6 Å². The van der Waals surface area contributed by atoms with Crippen molar-refractivity contribution in [2.45, 2.75) is 18.4 Å². The maximum Gasteiger partial charge on any atom is 0.241 e. The van der Waals surface area contributed by atoms with Crippen molar-refractivity contribution >= 4 is 27.3 Å². The van der Waals surface area contributed by atoms with Gasteiger partial charge in [-0.1, -0.05) is 29.8 Å². The molecule has 2 aromatic rings. The van der Waals surface area contributed by atoms with Crippen LogP contribution in [0.25, 0.3) is 0 Å². The van der Waals surface area contributed by atoms with E-state index in [4.69, 9.17) is 17.3 Å². The number of nitrogens with one attached hydrogen (secondary N) is 1. The van der Waals surface area contributed by atoms with Crippen LogP contribution >= 0.6 is 11.6 Å². The van der Waals surface area contributed by atoms with Crippen LogP contribution in [0.4, 0.5) is 5.69 Å². The molecular weight excluding hydrogens is 296 g/mol. The van der Waals surface area contributed by atoms with E-state index >= 15 is 0 Å². The van der Waals surface area contributed by atoms with Gasteiger partial charge in [0, 0.05) is 17.3 Å². The molecule has 106 valence electrons. The average Bonchev–Trinajstić information content (AvgIpc) is 2.39. The Kier molecular flexibility index (Phi) is 4.32. The predicted octanol–water partition coefficient (Wildman–Crippen LogP) is 2.71. The number of anilines is 1. The molecule has 0 bridgehead atoms. The summed E-state index contributed by atoms with van der Waals surface area (Å²) < 4.78 is 27.1. The number of benzene rings is 2. The van der Waals surface area contributed by atoms with Crippen LogP contribution in [-0.4, -0.2) is 8.42 Å². The van der Waals surface area contributed by atoms with E-state index in [1.165, 1.54) is 6.07 Å². The lowest BCUT2D eigenvalue weighted by Crippen LogP contribution is -2.24. The number of hydrogen-bond acceptors (Lipinski definition) is 3. The van der Waals surface area contributed by atoms with Crippen LogP contribution in [0.3, 0.4) is 0 Å². The number of hydrogen-bond donors (Lipinski definition) is 2. The predicted molar refractivity (Wildman–Crippen MR) is 81.1 cm³/mol. The Morgan fingerprint density at radius 3 is 2.65 bits per heavy atom. The molecule has 0 fully saturated rings. The lowest BCUT2D eigenvalue weighted by molar-refractivity contribution is 0.580. The minimum Gasteiger partial charge on any atom is -0.399 e. The van der Waals surface area contributed by atoms with Gasteiger partial charge in [-0.15, -0.1) is 0 Å². The normalized spacial score (nSPS) is 11.5. The van der Waals surface area contributed by atoms with Gasteiger partial charge in [0.2, 0.25) is 10.0 Å². The van der Waals surface area contributed by atoms with Gasteiger partial charge >= 0.3 is 0 Å². The van der Waals surface area contributed by atoms with E-state index < -0.39 is 10.0 Å². The number of aryl methyl sites for hydroxylation is 1. The van der Waals surface area contributed by atoms with Gasteiger partial charge in [-0.2, -0.15) is 0 Å². The van der Waals surface area contributed by atoms with Crippen molar-refractivity contribution in [2.75, 3.05) is 5.73 Å². The smallest absolute Gasteiger partial charge is 0.241 e. The molecule has 0 amide bonds. The number of sulfonamides is 1. The lowest BCUT2D eigenvalue weighted by Gasteiger charge is -2.10. The highest BCUT2D eigenvalue weighted by molar-refractivity contribution is 7.89. The average molecular weight is 311 g/mol. The lowest BCUT2D eigenvalue weighted by atomic mass is 10.2. The molecule has 0 heterocycles. The standard InChI is InChI=1S/C14H15ClN2O2S/c1-10-5-6-13(16)8-14(10)20(18,19)17-9-11-3-2-4-12(15)7-11/h2-8,17H,9,16H2,1H3. The van der Waals surface area contributed by atoms with E-state index in [0.29, 0.717) is 16.3 Å². The van der Waals surface area contributed by atoms with E-state index in [2.05, 4.69) is 4.72 Å². The summed E-state index contributed by atoms with van der Waals surface area (Å²) >= 11 is 5.86. The summed E-state index contributed by atoms with van der Waals surface area (Å²) in [6.07, 6.45) is 0. The van der Waals surface area contributed by atoms with Crippen LogP contribution in [0.2, 0.25) is 5.02 Å². The Morgan fingerprint density at radius 1 is 1.20 bits per heavy atom. The molecule has 0 atom stereocenters. The second-order valence-electron chi connectivity index (χ2n) is 4.48. The van der Waals surface area contributed by atoms with Crippen LogP contribution in [0.5, 0.6) is 0 Å². The molecular formula is C14H15ClN2O2S. The molecule has 0 aliphatic heterocycles. The second-order valence-corrected chi connectivity index (χ2v) is 6.65. The van der Waals surface area contributed by atoms with Gasteiger partial charge in [0.15, 0.2) is 0 Å². The van der Waals surface area contributed by atoms with Crippen molar-refractivity contribution in [3.8, 4) is 0 Å². The molecule has 2 aromatic carbocycles. The van der Waals surface area contributed by atoms with Gasteiger partial charge in [-0.3, -0.25) is 0 Å². The molecule has 0 spiro atoms. The molecule has 4 nitrogen and oxygen atoms in total. The van der Waals surface area contributed by atoms with E-state index in [1.54, 1.807) is 43.3 Å². The highest BCUT2D eigenvalue weighted by atomic mass is 35.5. The molecule has 0 saturated heterocycles. The molecule has 0 radical (unpaired) electrons. The highest BCUT2D eigenvalue weighted by Gasteiger charge is 2.16. The van der Waals surface area contributed by atoms with E-state index in [9.17, 15) is 8.42 Å². The van der Waals surface area contributed by atoms with E-state index in [1.807, 2.05) is 0 Å². The second kappa shape index (κ2) is 5.83. The van der Waals surface area contributed by atoms with Crippen molar-refractivity contribution in [2.24, 2.45) is 0 Å². The topological polar surface area (TPSA) is 72.2 Å². The van der Waals surface area contributed by atoms with Crippen LogP contribution in [0, 0.1) is 6.92 Å². The summed E-state index contributed by atoms with van der Waals surface area (Å²) in [4.78, 5) is 0.194. The summed E-state index contributed by atoms with van der Waals surface area (Å²) in [5.74, 6) is 0. The van der Waals surface area contributed by atoms with E-state index in [-0.39, 0.29) is 11.4 Å². The maximum absolute atomic E-state index is 12.3. The van der Waals surface area contributed by atoms with Gasteiger partial charge in [0.05, 0.1) is 4.90 Å². The third-order valence-corrected chi connectivity index (χ3v) is 4.64. The van der Waals surface area contributed by atoms with Gasteiger partial charge in [0.1, 0.15) is 0 Å². The highest BCUT2D eigenvalue weighted by Crippen LogP contribution is 2.19. The van der Waals surface area contributed by atoms with Crippen LogP contribution < -0.4 is 10.5 Å². The quantitative estimate of drug-likeness (QED) is 0.853. The van der Waals surface area contributed by atoms with Gasteiger partial charge in [0.25, 0.3) is 0 Å². The molecule has 2 rings (SSSR count). The summed E-state index contributed by atoms with van der Waals surface area (Å²) in [6.45, 7) is 1.91. The summed E-state index contributed by atoms with van der Waals surface area (Å²) in [7, 11) is -3.60. The Balaban J connectivity index is 2.21. The van der Waals surface area contributed by atoms with Gasteiger partial charge in [-0.05, 0) is 42.3 Å². The molecule has 0 saturated carbocycles. The Morgan fingerprint density at radius 2 is 1.95 bits per heavy atom. The molecule has 0 aromatic heterocycles. The Bertz CT molecular complexity index is 730. The summed E-state index contributed by atoms with van der Waals surface area (Å²) in [5.41, 5.74) is 7.50. The zero-order chi connectivity index (χ0) is 14.8. The molecule has 0 aliphatic carbocycles. The van der Waals surface area contributed by atoms with Gasteiger partial charge in [-0.25, -0.2) is 13.1 Å². The molecule has 0 unspecified atom stereocenters. The van der Waals surface area contributed by atoms with Crippen molar-refractivity contribution in [1.29, 1.82) is 0 Å². The number of halogens is 1. The van der Waals surface area contributed by atoms with Crippen LogP contribution in [0.1, 0.15) is 11.1 Å². The fourth-order valence-corrected chi connectivity index (χ4v) is 3.32. The van der Waals surface area contributed by atoms with E-state index in [0.717, 1.165) is 5.56 Å². The zero-order valence-corrected chi connectivity index (χ0v) is 12.5. The van der Waals surface area contributed by atoms with Crippen molar-refractivity contribution in [3.05, 3.63) is 58.6 Å². The van der Waals surface area contributed by atoms with Crippen molar-refractivity contribution in [1.82, 2.24) is 4.72 Å². The van der Waals surface area contributed by atoms with Crippen LogP contribution in [0.15, 0.2) is 47.4 Å². The van der Waals surface area contributed by atoms with Crippen molar-refractivity contribution < 1.29 is 8.42 Å². The third kappa shape index (κ3) is 3.50. The van der Waals surface area contributed by atoms with Crippen molar-refractivity contribution in [3.63, 3.8) is 0 Å². The first-order chi connectivity index (χ1) is 9.38. The first-order valence-electron chi connectivity index (χ1n) is 5.99. The fraction of sp³-hybridized carbons (Fsp3) is 0.143. The Labute approximate surface area is 123 Å². The summed E-state index contributed by atoms with van der Waals surface area (Å²) in [6, 6.07) is 11.8. The number of rotatable bonds is 4. The number of nitrogens with two attached hydrogens (primary N) is 1. The molecule has 6 heteroatoms. The summed E-state index contributed by atoms with van der Waals surface area (Å²) in [5, 5.41) is 0.571. The number of nitrogen functional groups attached to an aromatic ring is 1. The maximum atomic E-state index is 12.3. The largest absolute Gasteiger partial charge is 0.399 e. The molecule has 0 aliphatic rings. The van der Waals surface area contributed by atoms with Gasteiger partial charge < -0.3 is 5.73 Å². The monoisotopic (exact) mass is 310 g/mol. The fourth-order valence-electron chi connectivity index (χ4n) is 1.81. The zero-order valence-electron chi connectivity index (χ0n) is 10.9. The Hall–Kier alpha value is -1.56. The molecule has 3 N–H and O–H groups in total.